The van der Waals surface area contributed by atoms with Crippen molar-refractivity contribution >= 4 is 0 Å². The van der Waals surface area contributed by atoms with E-state index < -0.39 is 0 Å². The second-order valence-electron chi connectivity index (χ2n) is 4.64. The summed E-state index contributed by atoms with van der Waals surface area (Å²) < 4.78 is 5.76. The van der Waals surface area contributed by atoms with Crippen LogP contribution in [0.25, 0.3) is 0 Å². The molecule has 1 aromatic heterocycles. The molecule has 2 rings (SSSR count). The van der Waals surface area contributed by atoms with Crippen LogP contribution >= 0.6 is 0 Å². The first-order valence-electron chi connectivity index (χ1n) is 6.63. The molecular weight excluding hydrogens is 228 g/mol. The molecule has 1 atom stereocenters. The van der Waals surface area contributed by atoms with Gasteiger partial charge in [0.1, 0.15) is 6.10 Å². The van der Waals surface area contributed by atoms with Crippen molar-refractivity contribution in [1.29, 1.82) is 0 Å². The minimum Gasteiger partial charge on any atom is -0.368 e. The highest BCUT2D eigenvalue weighted by Crippen LogP contribution is 2.18. The van der Waals surface area contributed by atoms with Gasteiger partial charge in [0.2, 0.25) is 0 Å². The molecule has 0 radical (unpaired) electrons. The maximum Gasteiger partial charge on any atom is 0.158 e. The van der Waals surface area contributed by atoms with Crippen LogP contribution in [0.4, 0.5) is 0 Å². The van der Waals surface area contributed by atoms with Crippen molar-refractivity contribution in [3.8, 4) is 0 Å². The SMILES string of the molecule is CCCN1CCOC(c2ncc(CNC)cn2)C1. The van der Waals surface area contributed by atoms with E-state index in [-0.39, 0.29) is 6.10 Å². The van der Waals surface area contributed by atoms with Crippen LogP contribution < -0.4 is 5.32 Å². The predicted molar refractivity (Wildman–Crippen MR) is 70.2 cm³/mol. The van der Waals surface area contributed by atoms with Crippen LogP contribution in [0.3, 0.4) is 0 Å². The maximum absolute atomic E-state index is 5.76. The Morgan fingerprint density at radius 3 is 2.89 bits per heavy atom. The Kier molecular flexibility index (Phi) is 5.04. The molecule has 0 saturated carbocycles. The Morgan fingerprint density at radius 1 is 1.44 bits per heavy atom. The quantitative estimate of drug-likeness (QED) is 0.844. The molecule has 0 spiro atoms. The topological polar surface area (TPSA) is 50.3 Å². The highest BCUT2D eigenvalue weighted by Gasteiger charge is 2.23. The fourth-order valence-electron chi connectivity index (χ4n) is 2.20. The molecule has 5 heteroatoms. The van der Waals surface area contributed by atoms with Crippen molar-refractivity contribution in [2.45, 2.75) is 26.0 Å². The fourth-order valence-corrected chi connectivity index (χ4v) is 2.20. The number of rotatable bonds is 5. The minimum atomic E-state index is 0.0222. The first kappa shape index (κ1) is 13.4. The molecule has 100 valence electrons. The lowest BCUT2D eigenvalue weighted by Crippen LogP contribution is -2.39. The maximum atomic E-state index is 5.76. The van der Waals surface area contributed by atoms with Gasteiger partial charge in [-0.15, -0.1) is 0 Å². The third-order valence-electron chi connectivity index (χ3n) is 3.08. The molecule has 1 N–H and O–H groups in total. The Bertz CT molecular complexity index is 353. The molecule has 0 bridgehead atoms. The van der Waals surface area contributed by atoms with Crippen LogP contribution in [-0.2, 0) is 11.3 Å². The lowest BCUT2D eigenvalue weighted by Gasteiger charge is -2.31. The zero-order valence-electron chi connectivity index (χ0n) is 11.2. The average molecular weight is 250 g/mol. The second-order valence-corrected chi connectivity index (χ2v) is 4.64. The molecule has 2 heterocycles. The zero-order chi connectivity index (χ0) is 12.8. The van der Waals surface area contributed by atoms with Crippen LogP contribution in [0, 0.1) is 0 Å². The van der Waals surface area contributed by atoms with E-state index in [4.69, 9.17) is 4.74 Å². The summed E-state index contributed by atoms with van der Waals surface area (Å²) in [4.78, 5) is 11.2. The van der Waals surface area contributed by atoms with E-state index in [0.29, 0.717) is 0 Å². The predicted octanol–water partition coefficient (Wildman–Crippen LogP) is 0.979. The van der Waals surface area contributed by atoms with Crippen molar-refractivity contribution < 1.29 is 4.74 Å². The zero-order valence-corrected chi connectivity index (χ0v) is 11.2. The lowest BCUT2D eigenvalue weighted by atomic mass is 10.2. The van der Waals surface area contributed by atoms with Crippen LogP contribution in [0.5, 0.6) is 0 Å². The van der Waals surface area contributed by atoms with Gasteiger partial charge >= 0.3 is 0 Å². The minimum absolute atomic E-state index is 0.0222. The van der Waals surface area contributed by atoms with Crippen LogP contribution in [0.15, 0.2) is 12.4 Å². The smallest absolute Gasteiger partial charge is 0.158 e. The Hall–Kier alpha value is -1.04. The van der Waals surface area contributed by atoms with Gasteiger partial charge in [-0.1, -0.05) is 6.92 Å². The number of ether oxygens (including phenoxy) is 1. The van der Waals surface area contributed by atoms with E-state index in [2.05, 4.69) is 27.1 Å². The first-order valence-corrected chi connectivity index (χ1v) is 6.63. The number of nitrogens with one attached hydrogen (secondary N) is 1. The van der Waals surface area contributed by atoms with Crippen molar-refractivity contribution in [2.24, 2.45) is 0 Å². The standard InChI is InChI=1S/C13H22N4O/c1-3-4-17-5-6-18-12(10-17)13-15-8-11(7-14-2)9-16-13/h8-9,12,14H,3-7,10H2,1-2H3. The molecule has 1 aromatic rings. The molecule has 1 aliphatic rings. The Balaban J connectivity index is 1.97. The fraction of sp³-hybridized carbons (Fsp3) is 0.692. The van der Waals surface area contributed by atoms with Crippen molar-refractivity contribution in [3.05, 3.63) is 23.8 Å². The number of morpholine rings is 1. The largest absolute Gasteiger partial charge is 0.368 e. The summed E-state index contributed by atoms with van der Waals surface area (Å²) in [5.74, 6) is 0.802. The number of hydrogen-bond donors (Lipinski definition) is 1. The van der Waals surface area contributed by atoms with E-state index in [9.17, 15) is 0 Å². The summed E-state index contributed by atoms with van der Waals surface area (Å²) in [7, 11) is 1.92. The molecule has 1 unspecified atom stereocenters. The molecular formula is C13H22N4O. The molecule has 1 aliphatic heterocycles. The molecule has 5 nitrogen and oxygen atoms in total. The van der Waals surface area contributed by atoms with Gasteiger partial charge in [-0.2, -0.15) is 0 Å². The summed E-state index contributed by atoms with van der Waals surface area (Å²) in [6.45, 7) is 6.81. The van der Waals surface area contributed by atoms with Gasteiger partial charge in [-0.05, 0) is 20.0 Å². The van der Waals surface area contributed by atoms with Gasteiger partial charge in [0.05, 0.1) is 6.61 Å². The molecule has 0 amide bonds. The van der Waals surface area contributed by atoms with E-state index in [1.54, 1.807) is 0 Å². The molecule has 0 aliphatic carbocycles. The third-order valence-corrected chi connectivity index (χ3v) is 3.08. The summed E-state index contributed by atoms with van der Waals surface area (Å²) >= 11 is 0. The normalized spacial score (nSPS) is 21.1. The van der Waals surface area contributed by atoms with Crippen molar-refractivity contribution in [2.75, 3.05) is 33.3 Å². The lowest BCUT2D eigenvalue weighted by molar-refractivity contribution is -0.0342. The van der Waals surface area contributed by atoms with Crippen LogP contribution in [0.1, 0.15) is 30.8 Å². The third kappa shape index (κ3) is 3.48. The number of hydrogen-bond acceptors (Lipinski definition) is 5. The van der Waals surface area contributed by atoms with Crippen molar-refractivity contribution in [1.82, 2.24) is 20.2 Å². The molecule has 18 heavy (non-hydrogen) atoms. The van der Waals surface area contributed by atoms with E-state index in [1.165, 1.54) is 6.42 Å². The summed E-state index contributed by atoms with van der Waals surface area (Å²) in [5.41, 5.74) is 1.10. The number of nitrogens with zero attached hydrogens (tertiary/aromatic N) is 3. The van der Waals surface area contributed by atoms with Gasteiger partial charge in [-0.3, -0.25) is 4.90 Å². The van der Waals surface area contributed by atoms with Crippen LogP contribution in [0.2, 0.25) is 0 Å². The van der Waals surface area contributed by atoms with Gasteiger partial charge in [0, 0.05) is 37.6 Å². The van der Waals surface area contributed by atoms with Crippen LogP contribution in [-0.4, -0.2) is 48.2 Å². The summed E-state index contributed by atoms with van der Waals surface area (Å²) in [6, 6.07) is 0. The van der Waals surface area contributed by atoms with Gasteiger partial charge < -0.3 is 10.1 Å². The molecule has 1 fully saturated rings. The van der Waals surface area contributed by atoms with Gasteiger partial charge in [-0.25, -0.2) is 9.97 Å². The second kappa shape index (κ2) is 6.78. The Labute approximate surface area is 109 Å². The van der Waals surface area contributed by atoms with Crippen molar-refractivity contribution in [3.63, 3.8) is 0 Å². The summed E-state index contributed by atoms with van der Waals surface area (Å²) in [5, 5.41) is 3.09. The van der Waals surface area contributed by atoms with E-state index in [0.717, 1.165) is 44.2 Å². The van der Waals surface area contributed by atoms with Gasteiger partial charge in [0.25, 0.3) is 0 Å². The number of aromatic nitrogens is 2. The molecule has 1 saturated heterocycles. The first-order chi connectivity index (χ1) is 8.83. The average Bonchev–Trinajstić information content (AvgIpc) is 2.41. The highest BCUT2D eigenvalue weighted by atomic mass is 16.5. The Morgan fingerprint density at radius 2 is 2.22 bits per heavy atom. The van der Waals surface area contributed by atoms with E-state index >= 15 is 0 Å². The highest BCUT2D eigenvalue weighted by molar-refractivity contribution is 5.06. The van der Waals surface area contributed by atoms with E-state index in [1.807, 2.05) is 19.4 Å². The van der Waals surface area contributed by atoms with Gasteiger partial charge in [0.15, 0.2) is 5.82 Å². The summed E-state index contributed by atoms with van der Waals surface area (Å²) in [6.07, 6.45) is 4.95. The monoisotopic (exact) mass is 250 g/mol. The molecule has 0 aromatic carbocycles.